The first-order valence-electron chi connectivity index (χ1n) is 5.19. The largest absolute Gasteiger partial charge is 0.320 e. The standard InChI is InChI=1S/C13H12BrFN2/c1-8-2-9(5-12(15)3-8)13(16)10-4-11(14)7-17-6-10/h2-7,13H,16H2,1H3. The molecule has 1 aromatic carbocycles. The summed E-state index contributed by atoms with van der Waals surface area (Å²) in [6.45, 7) is 1.85. The molecule has 1 heterocycles. The van der Waals surface area contributed by atoms with Crippen molar-refractivity contribution in [3.63, 3.8) is 0 Å². The van der Waals surface area contributed by atoms with Gasteiger partial charge < -0.3 is 5.73 Å². The molecule has 0 spiro atoms. The van der Waals surface area contributed by atoms with Crippen LogP contribution in [0.1, 0.15) is 22.7 Å². The molecule has 2 N–H and O–H groups in total. The van der Waals surface area contributed by atoms with E-state index in [2.05, 4.69) is 20.9 Å². The van der Waals surface area contributed by atoms with Gasteiger partial charge in [0.2, 0.25) is 0 Å². The summed E-state index contributed by atoms with van der Waals surface area (Å²) >= 11 is 3.34. The highest BCUT2D eigenvalue weighted by molar-refractivity contribution is 9.10. The molecule has 2 aromatic rings. The zero-order valence-corrected chi connectivity index (χ0v) is 10.9. The summed E-state index contributed by atoms with van der Waals surface area (Å²) in [6, 6.07) is 6.34. The van der Waals surface area contributed by atoms with Gasteiger partial charge in [-0.15, -0.1) is 0 Å². The second kappa shape index (κ2) is 4.94. The lowest BCUT2D eigenvalue weighted by atomic mass is 9.99. The lowest BCUT2D eigenvalue weighted by Crippen LogP contribution is -2.12. The Hall–Kier alpha value is -1.26. The number of pyridine rings is 1. The minimum Gasteiger partial charge on any atom is -0.320 e. The molecule has 2 nitrogen and oxygen atoms in total. The zero-order valence-electron chi connectivity index (χ0n) is 9.32. The average molecular weight is 295 g/mol. The fraction of sp³-hybridized carbons (Fsp3) is 0.154. The van der Waals surface area contributed by atoms with Gasteiger partial charge in [-0.1, -0.05) is 6.07 Å². The molecule has 1 aromatic heterocycles. The van der Waals surface area contributed by atoms with E-state index >= 15 is 0 Å². The van der Waals surface area contributed by atoms with Crippen LogP contribution in [0.4, 0.5) is 4.39 Å². The molecule has 88 valence electrons. The number of hydrogen-bond acceptors (Lipinski definition) is 2. The number of nitrogens with zero attached hydrogens (tertiary/aromatic N) is 1. The van der Waals surface area contributed by atoms with Crippen molar-refractivity contribution in [3.05, 3.63) is 63.6 Å². The molecule has 0 bridgehead atoms. The number of nitrogens with two attached hydrogens (primary N) is 1. The first-order chi connectivity index (χ1) is 8.06. The van der Waals surface area contributed by atoms with E-state index in [1.165, 1.54) is 12.1 Å². The highest BCUT2D eigenvalue weighted by Crippen LogP contribution is 2.23. The van der Waals surface area contributed by atoms with Gasteiger partial charge in [0, 0.05) is 16.9 Å². The van der Waals surface area contributed by atoms with E-state index in [0.29, 0.717) is 0 Å². The number of aryl methyl sites for hydroxylation is 1. The van der Waals surface area contributed by atoms with E-state index in [0.717, 1.165) is 21.2 Å². The third kappa shape index (κ3) is 2.90. The van der Waals surface area contributed by atoms with Crippen molar-refractivity contribution in [3.8, 4) is 0 Å². The Morgan fingerprint density at radius 2 is 1.94 bits per heavy atom. The Kier molecular flexibility index (Phi) is 3.54. The number of hydrogen-bond donors (Lipinski definition) is 1. The molecule has 0 saturated carbocycles. The van der Waals surface area contributed by atoms with Gasteiger partial charge in [0.1, 0.15) is 5.82 Å². The van der Waals surface area contributed by atoms with Crippen molar-refractivity contribution in [2.75, 3.05) is 0 Å². The first-order valence-corrected chi connectivity index (χ1v) is 5.98. The number of halogens is 2. The van der Waals surface area contributed by atoms with E-state index < -0.39 is 0 Å². The third-order valence-electron chi connectivity index (χ3n) is 2.51. The van der Waals surface area contributed by atoms with Gasteiger partial charge in [0.15, 0.2) is 0 Å². The van der Waals surface area contributed by atoms with Gasteiger partial charge in [0.05, 0.1) is 6.04 Å². The van der Waals surface area contributed by atoms with Crippen LogP contribution in [0.15, 0.2) is 41.1 Å². The predicted molar refractivity (Wildman–Crippen MR) is 69.1 cm³/mol. The van der Waals surface area contributed by atoms with Crippen LogP contribution >= 0.6 is 15.9 Å². The molecule has 0 saturated heterocycles. The van der Waals surface area contributed by atoms with E-state index in [-0.39, 0.29) is 11.9 Å². The maximum Gasteiger partial charge on any atom is 0.123 e. The molecule has 1 unspecified atom stereocenters. The number of aromatic nitrogens is 1. The monoisotopic (exact) mass is 294 g/mol. The first kappa shape index (κ1) is 12.2. The summed E-state index contributed by atoms with van der Waals surface area (Å²) in [5.41, 5.74) is 8.56. The zero-order chi connectivity index (χ0) is 12.4. The minimum absolute atomic E-state index is 0.265. The summed E-state index contributed by atoms with van der Waals surface area (Å²) in [7, 11) is 0. The van der Waals surface area contributed by atoms with Crippen molar-refractivity contribution in [2.45, 2.75) is 13.0 Å². The van der Waals surface area contributed by atoms with Gasteiger partial charge in [-0.2, -0.15) is 0 Å². The SMILES string of the molecule is Cc1cc(F)cc(C(N)c2cncc(Br)c2)c1. The third-order valence-corrected chi connectivity index (χ3v) is 2.94. The number of rotatable bonds is 2. The van der Waals surface area contributed by atoms with Crippen molar-refractivity contribution >= 4 is 15.9 Å². The Morgan fingerprint density at radius 1 is 1.18 bits per heavy atom. The Bertz CT molecular complexity index is 522. The lowest BCUT2D eigenvalue weighted by Gasteiger charge is -2.13. The summed E-state index contributed by atoms with van der Waals surface area (Å²) in [4.78, 5) is 4.06. The van der Waals surface area contributed by atoms with Crippen LogP contribution < -0.4 is 5.73 Å². The predicted octanol–water partition coefficient (Wildman–Crippen LogP) is 3.34. The second-order valence-electron chi connectivity index (χ2n) is 3.98. The molecule has 2 rings (SSSR count). The Balaban J connectivity index is 2.39. The molecule has 1 atom stereocenters. The van der Waals surface area contributed by atoms with Gasteiger partial charge in [-0.25, -0.2) is 4.39 Å². The van der Waals surface area contributed by atoms with E-state index in [4.69, 9.17) is 5.73 Å². The molecule has 0 aliphatic carbocycles. The molecular weight excluding hydrogens is 283 g/mol. The quantitative estimate of drug-likeness (QED) is 0.923. The summed E-state index contributed by atoms with van der Waals surface area (Å²) < 4.78 is 14.2. The van der Waals surface area contributed by atoms with Crippen molar-refractivity contribution < 1.29 is 4.39 Å². The van der Waals surface area contributed by atoms with Crippen LogP contribution in [-0.4, -0.2) is 4.98 Å². The summed E-state index contributed by atoms with van der Waals surface area (Å²) in [5, 5.41) is 0. The number of benzene rings is 1. The maximum atomic E-state index is 13.3. The summed E-state index contributed by atoms with van der Waals surface area (Å²) in [5.74, 6) is -0.265. The maximum absolute atomic E-state index is 13.3. The van der Waals surface area contributed by atoms with E-state index in [1.807, 2.05) is 19.1 Å². The van der Waals surface area contributed by atoms with Gasteiger partial charge in [0.25, 0.3) is 0 Å². The highest BCUT2D eigenvalue weighted by atomic mass is 79.9. The molecule has 0 fully saturated rings. The fourth-order valence-corrected chi connectivity index (χ4v) is 2.12. The fourth-order valence-electron chi connectivity index (χ4n) is 1.73. The van der Waals surface area contributed by atoms with Crippen LogP contribution in [0.25, 0.3) is 0 Å². The molecule has 0 radical (unpaired) electrons. The molecule has 4 heteroatoms. The topological polar surface area (TPSA) is 38.9 Å². The lowest BCUT2D eigenvalue weighted by molar-refractivity contribution is 0.622. The van der Waals surface area contributed by atoms with Gasteiger partial charge >= 0.3 is 0 Å². The second-order valence-corrected chi connectivity index (χ2v) is 4.89. The van der Waals surface area contributed by atoms with E-state index in [1.54, 1.807) is 12.4 Å². The molecule has 17 heavy (non-hydrogen) atoms. The molecule has 0 aliphatic heterocycles. The minimum atomic E-state index is -0.366. The van der Waals surface area contributed by atoms with Crippen LogP contribution in [-0.2, 0) is 0 Å². The van der Waals surface area contributed by atoms with Crippen molar-refractivity contribution in [1.29, 1.82) is 0 Å². The van der Waals surface area contributed by atoms with Crippen molar-refractivity contribution in [1.82, 2.24) is 4.98 Å². The van der Waals surface area contributed by atoms with Crippen LogP contribution in [0.2, 0.25) is 0 Å². The molecule has 0 amide bonds. The molecular formula is C13H12BrFN2. The van der Waals surface area contributed by atoms with Crippen molar-refractivity contribution in [2.24, 2.45) is 5.73 Å². The van der Waals surface area contributed by atoms with Crippen LogP contribution in [0.5, 0.6) is 0 Å². The Morgan fingerprint density at radius 3 is 2.59 bits per heavy atom. The molecule has 0 aliphatic rings. The van der Waals surface area contributed by atoms with E-state index in [9.17, 15) is 4.39 Å². The average Bonchev–Trinajstić information content (AvgIpc) is 2.26. The van der Waals surface area contributed by atoms with Crippen LogP contribution in [0.3, 0.4) is 0 Å². The summed E-state index contributed by atoms with van der Waals surface area (Å²) in [6.07, 6.45) is 3.38. The highest BCUT2D eigenvalue weighted by Gasteiger charge is 2.11. The van der Waals surface area contributed by atoms with Gasteiger partial charge in [-0.05, 0) is 57.7 Å². The smallest absolute Gasteiger partial charge is 0.123 e. The normalized spacial score (nSPS) is 12.5. The Labute approximate surface area is 108 Å². The van der Waals surface area contributed by atoms with Gasteiger partial charge in [-0.3, -0.25) is 4.98 Å². The van der Waals surface area contributed by atoms with Crippen LogP contribution in [0, 0.1) is 12.7 Å².